The quantitative estimate of drug-likeness (QED) is 0.577. The number of hydrogen-bond acceptors (Lipinski definition) is 4. The average Bonchev–Trinajstić information content (AvgIpc) is 2.72. The monoisotopic (exact) mass is 450 g/mol. The van der Waals surface area contributed by atoms with Crippen LogP contribution in [0, 0.1) is 13.8 Å². The number of nitrogens with one attached hydrogen (secondary N) is 3. The second-order valence-electron chi connectivity index (χ2n) is 7.35. The van der Waals surface area contributed by atoms with Gasteiger partial charge in [-0.3, -0.25) is 14.4 Å². The number of amides is 3. The average molecular weight is 450 g/mol. The van der Waals surface area contributed by atoms with Crippen LogP contribution in [0.2, 0.25) is 0 Å². The zero-order chi connectivity index (χ0) is 23.9. The first-order chi connectivity index (χ1) is 14.9. The number of anilines is 2. The van der Waals surface area contributed by atoms with E-state index in [-0.39, 0.29) is 30.5 Å². The molecule has 3 amide bonds. The minimum atomic E-state index is -4.51. The van der Waals surface area contributed by atoms with Gasteiger partial charge in [0.2, 0.25) is 11.8 Å². The first-order valence-electron chi connectivity index (χ1n) is 9.74. The van der Waals surface area contributed by atoms with Crippen molar-refractivity contribution in [2.75, 3.05) is 37.3 Å². The Morgan fingerprint density at radius 1 is 1.00 bits per heavy atom. The fraction of sp³-hybridized carbons (Fsp3) is 0.318. The maximum Gasteiger partial charge on any atom is 0.405 e. The zero-order valence-corrected chi connectivity index (χ0v) is 18.0. The minimum Gasteiger partial charge on any atom is -0.376 e. The molecule has 2 aromatic carbocycles. The summed E-state index contributed by atoms with van der Waals surface area (Å²) >= 11 is 0. The van der Waals surface area contributed by atoms with Crippen molar-refractivity contribution in [1.82, 2.24) is 10.2 Å². The summed E-state index contributed by atoms with van der Waals surface area (Å²) < 4.78 is 36.9. The lowest BCUT2D eigenvalue weighted by Crippen LogP contribution is -2.38. The van der Waals surface area contributed by atoms with Gasteiger partial charge in [-0.05, 0) is 43.7 Å². The summed E-state index contributed by atoms with van der Waals surface area (Å²) in [5.41, 5.74) is 2.83. The molecule has 0 heterocycles. The molecule has 7 nitrogen and oxygen atoms in total. The van der Waals surface area contributed by atoms with Crippen LogP contribution < -0.4 is 16.0 Å². The summed E-state index contributed by atoms with van der Waals surface area (Å²) in [6.07, 6.45) is -4.51. The Balaban J connectivity index is 1.90. The molecule has 0 bridgehead atoms. The molecule has 2 rings (SSSR count). The van der Waals surface area contributed by atoms with Crippen molar-refractivity contribution in [2.45, 2.75) is 20.0 Å². The van der Waals surface area contributed by atoms with Crippen LogP contribution in [0.15, 0.2) is 42.5 Å². The summed E-state index contributed by atoms with van der Waals surface area (Å²) in [5, 5.41) is 7.37. The molecule has 0 radical (unpaired) electrons. The Morgan fingerprint density at radius 3 is 2.28 bits per heavy atom. The molecule has 0 aromatic heterocycles. The number of nitrogens with zero attached hydrogens (tertiary/aromatic N) is 1. The number of likely N-dealkylation sites (N-methyl/N-ethyl adjacent to an activating group) is 1. The fourth-order valence-corrected chi connectivity index (χ4v) is 2.68. The number of benzene rings is 2. The van der Waals surface area contributed by atoms with Crippen molar-refractivity contribution in [1.29, 1.82) is 0 Å². The molecule has 2 aromatic rings. The van der Waals surface area contributed by atoms with Gasteiger partial charge < -0.3 is 20.9 Å². The van der Waals surface area contributed by atoms with Gasteiger partial charge in [0.1, 0.15) is 6.54 Å². The molecule has 0 aliphatic rings. The van der Waals surface area contributed by atoms with Crippen LogP contribution in [-0.4, -0.2) is 55.5 Å². The second kappa shape index (κ2) is 10.7. The largest absolute Gasteiger partial charge is 0.405 e. The van der Waals surface area contributed by atoms with Gasteiger partial charge in [-0.2, -0.15) is 13.2 Å². The van der Waals surface area contributed by atoms with E-state index >= 15 is 0 Å². The van der Waals surface area contributed by atoms with Crippen LogP contribution in [0.4, 0.5) is 24.5 Å². The normalized spacial score (nSPS) is 10.9. The van der Waals surface area contributed by atoms with Crippen LogP contribution in [0.5, 0.6) is 0 Å². The maximum absolute atomic E-state index is 12.4. The highest BCUT2D eigenvalue weighted by atomic mass is 19.4. The smallest absolute Gasteiger partial charge is 0.376 e. The summed E-state index contributed by atoms with van der Waals surface area (Å²) in [5.74, 6) is -1.61. The van der Waals surface area contributed by atoms with E-state index in [1.807, 2.05) is 19.1 Å². The van der Waals surface area contributed by atoms with Gasteiger partial charge in [0.25, 0.3) is 5.91 Å². The van der Waals surface area contributed by atoms with Crippen molar-refractivity contribution in [3.63, 3.8) is 0 Å². The summed E-state index contributed by atoms with van der Waals surface area (Å²) in [4.78, 5) is 37.7. The lowest BCUT2D eigenvalue weighted by Gasteiger charge is -2.18. The highest BCUT2D eigenvalue weighted by Crippen LogP contribution is 2.18. The van der Waals surface area contributed by atoms with Crippen LogP contribution in [0.25, 0.3) is 0 Å². The summed E-state index contributed by atoms with van der Waals surface area (Å²) in [6.45, 7) is 1.90. The number of halogens is 3. The predicted molar refractivity (Wildman–Crippen MR) is 116 cm³/mol. The standard InChI is InChI=1S/C22H25F3N4O3/c1-14-4-8-17(9-5-14)28-19(30)12-29(3)20(31)11-26-18-10-16(7-6-15(18)2)21(32)27-13-22(23,24)25/h4-10,26H,11-13H2,1-3H3,(H,27,32)(H,28,30). The van der Waals surface area contributed by atoms with E-state index in [0.29, 0.717) is 16.9 Å². The molecule has 0 unspecified atom stereocenters. The Kier molecular flexibility index (Phi) is 8.22. The number of carbonyl (C=O) groups is 3. The van der Waals surface area contributed by atoms with E-state index in [1.54, 1.807) is 30.4 Å². The van der Waals surface area contributed by atoms with Crippen LogP contribution in [0.1, 0.15) is 21.5 Å². The SMILES string of the molecule is Cc1ccc(NC(=O)CN(C)C(=O)CNc2cc(C(=O)NCC(F)(F)F)ccc2C)cc1. The van der Waals surface area contributed by atoms with Gasteiger partial charge in [0, 0.05) is 24.0 Å². The third kappa shape index (κ3) is 7.93. The molecular weight excluding hydrogens is 425 g/mol. The third-order valence-corrected chi connectivity index (χ3v) is 4.52. The Morgan fingerprint density at radius 2 is 1.66 bits per heavy atom. The molecule has 10 heteroatoms. The molecular formula is C22H25F3N4O3. The third-order valence-electron chi connectivity index (χ3n) is 4.52. The molecule has 0 spiro atoms. The summed E-state index contributed by atoms with van der Waals surface area (Å²) in [6, 6.07) is 11.6. The number of hydrogen-bond donors (Lipinski definition) is 3. The minimum absolute atomic E-state index is 0.0284. The fourth-order valence-electron chi connectivity index (χ4n) is 2.68. The van der Waals surface area contributed by atoms with Gasteiger partial charge in [-0.1, -0.05) is 23.8 Å². The van der Waals surface area contributed by atoms with Crippen molar-refractivity contribution >= 4 is 29.1 Å². The number of rotatable bonds is 8. The second-order valence-corrected chi connectivity index (χ2v) is 7.35. The number of aryl methyl sites for hydroxylation is 2. The zero-order valence-electron chi connectivity index (χ0n) is 18.0. The first-order valence-corrected chi connectivity index (χ1v) is 9.74. The van der Waals surface area contributed by atoms with Gasteiger partial charge in [0.05, 0.1) is 13.1 Å². The molecule has 0 atom stereocenters. The van der Waals surface area contributed by atoms with Crippen molar-refractivity contribution in [3.05, 3.63) is 59.2 Å². The van der Waals surface area contributed by atoms with Gasteiger partial charge in [-0.25, -0.2) is 0 Å². The predicted octanol–water partition coefficient (Wildman–Crippen LogP) is 3.10. The van der Waals surface area contributed by atoms with Crippen molar-refractivity contribution in [3.8, 4) is 0 Å². The van der Waals surface area contributed by atoms with E-state index in [0.717, 1.165) is 5.56 Å². The lowest BCUT2D eigenvalue weighted by molar-refractivity contribution is -0.131. The van der Waals surface area contributed by atoms with Gasteiger partial charge in [0.15, 0.2) is 0 Å². The molecule has 0 aliphatic carbocycles. The molecule has 0 saturated heterocycles. The maximum atomic E-state index is 12.4. The lowest BCUT2D eigenvalue weighted by atomic mass is 10.1. The van der Waals surface area contributed by atoms with Gasteiger partial charge >= 0.3 is 6.18 Å². The molecule has 172 valence electrons. The highest BCUT2D eigenvalue weighted by Gasteiger charge is 2.28. The number of carbonyl (C=O) groups excluding carboxylic acids is 3. The van der Waals surface area contributed by atoms with E-state index in [9.17, 15) is 27.6 Å². The molecule has 0 aliphatic heterocycles. The van der Waals surface area contributed by atoms with E-state index in [1.165, 1.54) is 24.1 Å². The first kappa shape index (κ1) is 24.7. The van der Waals surface area contributed by atoms with E-state index < -0.39 is 18.6 Å². The number of alkyl halides is 3. The molecule has 3 N–H and O–H groups in total. The van der Waals surface area contributed by atoms with E-state index in [2.05, 4.69) is 10.6 Å². The Labute approximate surface area is 184 Å². The van der Waals surface area contributed by atoms with Crippen LogP contribution in [0.3, 0.4) is 0 Å². The summed E-state index contributed by atoms with van der Waals surface area (Å²) in [7, 11) is 1.48. The van der Waals surface area contributed by atoms with Crippen LogP contribution >= 0.6 is 0 Å². The molecule has 0 fully saturated rings. The van der Waals surface area contributed by atoms with Gasteiger partial charge in [-0.15, -0.1) is 0 Å². The Bertz CT molecular complexity index is 975. The Hall–Kier alpha value is -3.56. The van der Waals surface area contributed by atoms with E-state index in [4.69, 9.17) is 0 Å². The topological polar surface area (TPSA) is 90.5 Å². The molecule has 0 saturated carbocycles. The molecule has 32 heavy (non-hydrogen) atoms. The van der Waals surface area contributed by atoms with Crippen LogP contribution in [-0.2, 0) is 9.59 Å². The highest BCUT2D eigenvalue weighted by molar-refractivity contribution is 5.96. The van der Waals surface area contributed by atoms with Crippen molar-refractivity contribution < 1.29 is 27.6 Å². The van der Waals surface area contributed by atoms with Crippen molar-refractivity contribution in [2.24, 2.45) is 0 Å².